The summed E-state index contributed by atoms with van der Waals surface area (Å²) < 4.78 is 4.86. The van der Waals surface area contributed by atoms with Crippen molar-refractivity contribution in [1.82, 2.24) is 15.3 Å². The molecule has 1 N–H and O–H groups in total. The quantitative estimate of drug-likeness (QED) is 0.884. The van der Waals surface area contributed by atoms with E-state index in [1.807, 2.05) is 25.1 Å². The van der Waals surface area contributed by atoms with Gasteiger partial charge >= 0.3 is 6.01 Å². The third kappa shape index (κ3) is 4.56. The molecular weight excluding hydrogens is 266 g/mol. The van der Waals surface area contributed by atoms with Crippen LogP contribution in [0.1, 0.15) is 29.3 Å². The molecule has 0 saturated heterocycles. The fraction of sp³-hybridized carbons (Fsp3) is 0.312. The van der Waals surface area contributed by atoms with Gasteiger partial charge in [-0.25, -0.2) is 9.97 Å². The number of hydrogen-bond donors (Lipinski definition) is 1. The van der Waals surface area contributed by atoms with Gasteiger partial charge in [-0.05, 0) is 25.3 Å². The average Bonchev–Trinajstić information content (AvgIpc) is 2.54. The molecule has 0 aliphatic carbocycles. The first-order valence-corrected chi connectivity index (χ1v) is 6.90. The van der Waals surface area contributed by atoms with Gasteiger partial charge in [0.1, 0.15) is 0 Å². The lowest BCUT2D eigenvalue weighted by molar-refractivity contribution is 0.0937. The summed E-state index contributed by atoms with van der Waals surface area (Å²) in [5.74, 6) is -0.168. The summed E-state index contributed by atoms with van der Waals surface area (Å²) in [5.41, 5.74) is 1.70. The highest BCUT2D eigenvalue weighted by atomic mass is 16.5. The van der Waals surface area contributed by atoms with Crippen LogP contribution in [0.25, 0.3) is 0 Å². The maximum absolute atomic E-state index is 12.0. The van der Waals surface area contributed by atoms with Crippen LogP contribution in [0.3, 0.4) is 0 Å². The van der Waals surface area contributed by atoms with E-state index < -0.39 is 0 Å². The van der Waals surface area contributed by atoms with Gasteiger partial charge in [0.2, 0.25) is 0 Å². The molecule has 1 aromatic carbocycles. The molecule has 1 amide bonds. The highest BCUT2D eigenvalue weighted by molar-refractivity contribution is 5.93. The molecule has 0 spiro atoms. The lowest BCUT2D eigenvalue weighted by atomic mass is 10.1. The predicted octanol–water partition coefficient (Wildman–Crippen LogP) is 2.24. The highest BCUT2D eigenvalue weighted by Gasteiger charge is 2.11. The Balaban J connectivity index is 1.83. The van der Waals surface area contributed by atoms with Crippen LogP contribution in [0.15, 0.2) is 42.7 Å². The summed E-state index contributed by atoms with van der Waals surface area (Å²) in [7, 11) is 1.49. The minimum absolute atomic E-state index is 0.0832. The van der Waals surface area contributed by atoms with E-state index in [0.29, 0.717) is 5.56 Å². The fourth-order valence-corrected chi connectivity index (χ4v) is 1.95. The van der Waals surface area contributed by atoms with E-state index in [1.54, 1.807) is 0 Å². The van der Waals surface area contributed by atoms with Crippen LogP contribution in [0.2, 0.25) is 0 Å². The first-order chi connectivity index (χ1) is 10.2. The van der Waals surface area contributed by atoms with Gasteiger partial charge in [-0.3, -0.25) is 4.79 Å². The van der Waals surface area contributed by atoms with Crippen LogP contribution < -0.4 is 10.1 Å². The number of benzene rings is 1. The standard InChI is InChI=1S/C16H19N3O2/c1-12(8-9-13-6-4-3-5-7-13)19-15(20)14-10-17-16(21-2)18-11-14/h3-7,10-12H,8-9H2,1-2H3,(H,19,20). The average molecular weight is 285 g/mol. The Hall–Kier alpha value is -2.43. The molecule has 1 unspecified atom stereocenters. The Morgan fingerprint density at radius 2 is 1.90 bits per heavy atom. The van der Waals surface area contributed by atoms with Crippen LogP contribution in [-0.2, 0) is 6.42 Å². The molecule has 1 atom stereocenters. The molecule has 0 radical (unpaired) electrons. The third-order valence-corrected chi connectivity index (χ3v) is 3.16. The number of nitrogens with one attached hydrogen (secondary N) is 1. The van der Waals surface area contributed by atoms with Crippen LogP contribution in [0.4, 0.5) is 0 Å². The normalized spacial score (nSPS) is 11.7. The molecule has 21 heavy (non-hydrogen) atoms. The van der Waals surface area contributed by atoms with Crippen molar-refractivity contribution in [2.24, 2.45) is 0 Å². The largest absolute Gasteiger partial charge is 0.467 e. The van der Waals surface area contributed by atoms with Crippen molar-refractivity contribution >= 4 is 5.91 Å². The zero-order valence-electron chi connectivity index (χ0n) is 12.2. The Bertz CT molecular complexity index is 570. The van der Waals surface area contributed by atoms with Gasteiger partial charge in [0.05, 0.1) is 12.7 Å². The predicted molar refractivity (Wildman–Crippen MR) is 80.3 cm³/mol. The number of nitrogens with zero attached hydrogens (tertiary/aromatic N) is 2. The first-order valence-electron chi connectivity index (χ1n) is 6.90. The fourth-order valence-electron chi connectivity index (χ4n) is 1.95. The molecular formula is C16H19N3O2. The molecule has 0 bridgehead atoms. The van der Waals surface area contributed by atoms with Crippen molar-refractivity contribution in [3.8, 4) is 6.01 Å². The maximum atomic E-state index is 12.0. The number of aryl methyl sites for hydroxylation is 1. The second-order valence-electron chi connectivity index (χ2n) is 4.86. The molecule has 0 aliphatic rings. The molecule has 2 aromatic rings. The maximum Gasteiger partial charge on any atom is 0.316 e. The Kier molecular flexibility index (Phi) is 5.26. The number of ether oxygens (including phenoxy) is 1. The Morgan fingerprint density at radius 1 is 1.24 bits per heavy atom. The van der Waals surface area contributed by atoms with E-state index in [2.05, 4.69) is 27.4 Å². The molecule has 1 heterocycles. The monoisotopic (exact) mass is 285 g/mol. The summed E-state index contributed by atoms with van der Waals surface area (Å²) >= 11 is 0. The molecule has 2 rings (SSSR count). The number of methoxy groups -OCH3 is 1. The zero-order chi connectivity index (χ0) is 15.1. The second kappa shape index (κ2) is 7.38. The number of carbonyl (C=O) groups is 1. The van der Waals surface area contributed by atoms with E-state index in [1.165, 1.54) is 25.1 Å². The summed E-state index contributed by atoms with van der Waals surface area (Å²) in [6, 6.07) is 10.6. The molecule has 5 nitrogen and oxygen atoms in total. The molecule has 0 fully saturated rings. The number of hydrogen-bond acceptors (Lipinski definition) is 4. The van der Waals surface area contributed by atoms with Crippen molar-refractivity contribution in [2.45, 2.75) is 25.8 Å². The second-order valence-corrected chi connectivity index (χ2v) is 4.86. The van der Waals surface area contributed by atoms with Crippen molar-refractivity contribution in [1.29, 1.82) is 0 Å². The van der Waals surface area contributed by atoms with Crippen LogP contribution in [0, 0.1) is 0 Å². The molecule has 0 aliphatic heterocycles. The van der Waals surface area contributed by atoms with Crippen LogP contribution in [0.5, 0.6) is 6.01 Å². The number of rotatable bonds is 6. The molecule has 0 saturated carbocycles. The smallest absolute Gasteiger partial charge is 0.316 e. The van der Waals surface area contributed by atoms with Crippen LogP contribution in [-0.4, -0.2) is 29.0 Å². The van der Waals surface area contributed by atoms with Gasteiger partial charge in [-0.1, -0.05) is 30.3 Å². The van der Waals surface area contributed by atoms with Crippen molar-refractivity contribution in [3.63, 3.8) is 0 Å². The summed E-state index contributed by atoms with van der Waals surface area (Å²) in [4.78, 5) is 19.9. The minimum atomic E-state index is -0.168. The van der Waals surface area contributed by atoms with Gasteiger partial charge < -0.3 is 10.1 Å². The SMILES string of the molecule is COc1ncc(C(=O)NC(C)CCc2ccccc2)cn1. The summed E-state index contributed by atoms with van der Waals surface area (Å²) in [6.07, 6.45) is 4.74. The lowest BCUT2D eigenvalue weighted by Crippen LogP contribution is -2.33. The van der Waals surface area contributed by atoms with Gasteiger partial charge in [0, 0.05) is 18.4 Å². The Morgan fingerprint density at radius 3 is 2.52 bits per heavy atom. The van der Waals surface area contributed by atoms with Crippen molar-refractivity contribution in [3.05, 3.63) is 53.9 Å². The summed E-state index contributed by atoms with van der Waals surface area (Å²) in [6.45, 7) is 1.99. The first kappa shape index (κ1) is 15.0. The van der Waals surface area contributed by atoms with Crippen molar-refractivity contribution < 1.29 is 9.53 Å². The third-order valence-electron chi connectivity index (χ3n) is 3.16. The lowest BCUT2D eigenvalue weighted by Gasteiger charge is -2.13. The van der Waals surface area contributed by atoms with E-state index in [0.717, 1.165) is 12.8 Å². The molecule has 5 heteroatoms. The Labute approximate surface area is 124 Å². The molecule has 110 valence electrons. The van der Waals surface area contributed by atoms with Gasteiger partial charge in [0.25, 0.3) is 5.91 Å². The van der Waals surface area contributed by atoms with E-state index in [9.17, 15) is 4.79 Å². The topological polar surface area (TPSA) is 64.1 Å². The summed E-state index contributed by atoms with van der Waals surface area (Å²) in [5, 5.41) is 2.94. The van der Waals surface area contributed by atoms with Crippen molar-refractivity contribution in [2.75, 3.05) is 7.11 Å². The van der Waals surface area contributed by atoms with E-state index in [-0.39, 0.29) is 18.0 Å². The van der Waals surface area contributed by atoms with Crippen LogP contribution >= 0.6 is 0 Å². The number of amides is 1. The minimum Gasteiger partial charge on any atom is -0.467 e. The molecule has 1 aromatic heterocycles. The van der Waals surface area contributed by atoms with E-state index in [4.69, 9.17) is 4.74 Å². The highest BCUT2D eigenvalue weighted by Crippen LogP contribution is 2.06. The van der Waals surface area contributed by atoms with Gasteiger partial charge in [-0.15, -0.1) is 0 Å². The number of aromatic nitrogens is 2. The van der Waals surface area contributed by atoms with E-state index >= 15 is 0 Å². The number of carbonyl (C=O) groups excluding carboxylic acids is 1. The van der Waals surface area contributed by atoms with Gasteiger partial charge in [-0.2, -0.15) is 0 Å². The van der Waals surface area contributed by atoms with Gasteiger partial charge in [0.15, 0.2) is 0 Å². The zero-order valence-corrected chi connectivity index (χ0v) is 12.2.